The maximum Gasteiger partial charge on any atom is 0.305 e. The van der Waals surface area contributed by atoms with Crippen LogP contribution in [0.25, 0.3) is 0 Å². The number of benzene rings is 1. The van der Waals surface area contributed by atoms with E-state index < -0.39 is 12.1 Å². The van der Waals surface area contributed by atoms with Gasteiger partial charge in [-0.3, -0.25) is 9.59 Å². The van der Waals surface area contributed by atoms with Crippen molar-refractivity contribution in [2.24, 2.45) is 23.5 Å². The number of methoxy groups -OCH3 is 1. The highest BCUT2D eigenvalue weighted by Gasteiger charge is 2.26. The van der Waals surface area contributed by atoms with E-state index in [9.17, 15) is 14.7 Å². The van der Waals surface area contributed by atoms with Gasteiger partial charge >= 0.3 is 5.97 Å². The van der Waals surface area contributed by atoms with Crippen LogP contribution in [0, 0.1) is 17.8 Å². The number of unbranched alkanes of at least 4 members (excludes halogenated alkanes) is 1. The van der Waals surface area contributed by atoms with Crippen molar-refractivity contribution in [1.29, 1.82) is 0 Å². The summed E-state index contributed by atoms with van der Waals surface area (Å²) in [5.74, 6) is 1.30. The largest absolute Gasteiger partial charge is 0.490 e. The van der Waals surface area contributed by atoms with Crippen LogP contribution in [-0.4, -0.2) is 69.2 Å². The molecule has 0 radical (unpaired) electrons. The van der Waals surface area contributed by atoms with Gasteiger partial charge in [-0.25, -0.2) is 0 Å². The zero-order chi connectivity index (χ0) is 30.6. The van der Waals surface area contributed by atoms with Gasteiger partial charge < -0.3 is 35.1 Å². The fraction of sp³-hybridized carbons (Fsp3) is 0.750. The van der Waals surface area contributed by atoms with Gasteiger partial charge in [-0.2, -0.15) is 0 Å². The first kappa shape index (κ1) is 39.9. The molecule has 1 aromatic carbocycles. The quantitative estimate of drug-likeness (QED) is 0.115. The smallest absolute Gasteiger partial charge is 0.305 e. The lowest BCUT2D eigenvalue weighted by atomic mass is 9.82. The normalized spacial score (nSPS) is 13.9. The third-order valence-corrected chi connectivity index (χ3v) is 7.23. The number of ether oxygens (including phenoxy) is 4. The summed E-state index contributed by atoms with van der Waals surface area (Å²) in [5.41, 5.74) is 7.56. The summed E-state index contributed by atoms with van der Waals surface area (Å²) < 4.78 is 22.1. The Kier molecular flexibility index (Phi) is 22.2. The van der Waals surface area contributed by atoms with Crippen LogP contribution in [0.5, 0.6) is 11.5 Å². The predicted octanol–water partition coefficient (Wildman–Crippen LogP) is 5.08. The average molecular weight is 617 g/mol. The number of nitrogens with two attached hydrogens (primary N) is 1. The van der Waals surface area contributed by atoms with Crippen molar-refractivity contribution in [2.45, 2.75) is 98.1 Å². The van der Waals surface area contributed by atoms with Crippen molar-refractivity contribution in [2.75, 3.05) is 40.1 Å². The molecule has 1 amide bonds. The van der Waals surface area contributed by atoms with E-state index >= 15 is 0 Å². The maximum absolute atomic E-state index is 12.3. The highest BCUT2D eigenvalue weighted by Crippen LogP contribution is 2.32. The lowest BCUT2D eigenvalue weighted by molar-refractivity contribution is -0.143. The molecule has 0 aromatic heterocycles. The number of hydrogen-bond acceptors (Lipinski definition) is 8. The Balaban J connectivity index is 0.0000168. The van der Waals surface area contributed by atoms with E-state index in [2.05, 4.69) is 26.1 Å². The molecule has 0 bridgehead atoms. The van der Waals surface area contributed by atoms with Crippen molar-refractivity contribution >= 4 is 24.3 Å². The van der Waals surface area contributed by atoms with E-state index in [1.165, 1.54) is 0 Å². The summed E-state index contributed by atoms with van der Waals surface area (Å²) in [6.07, 6.45) is 4.56. The van der Waals surface area contributed by atoms with Gasteiger partial charge in [0.25, 0.3) is 0 Å². The SMILES string of the molecule is CCCCNC(=O)[C@H](C)C[C@H](O)[C@@H](N)C[C@H](Cc1ccc(OCCCC(=O)OCC)c(OCCCOC)c1)C(C)C.Cl. The molecule has 10 heteroatoms. The topological polar surface area (TPSA) is 129 Å². The molecule has 9 nitrogen and oxygen atoms in total. The van der Waals surface area contributed by atoms with Crippen molar-refractivity contribution in [1.82, 2.24) is 5.32 Å². The zero-order valence-electron chi connectivity index (χ0n) is 26.7. The number of aliphatic hydroxyl groups is 1. The van der Waals surface area contributed by atoms with Crippen LogP contribution < -0.4 is 20.5 Å². The van der Waals surface area contributed by atoms with Crippen LogP contribution >= 0.6 is 12.4 Å². The highest BCUT2D eigenvalue weighted by atomic mass is 35.5. The molecule has 1 aromatic rings. The second-order valence-electron chi connectivity index (χ2n) is 11.2. The Labute approximate surface area is 260 Å². The van der Waals surface area contributed by atoms with E-state index in [4.69, 9.17) is 24.7 Å². The third kappa shape index (κ3) is 16.5. The molecule has 4 N–H and O–H groups in total. The first-order valence-corrected chi connectivity index (χ1v) is 15.4. The molecular weight excluding hydrogens is 560 g/mol. The molecular formula is C32H57ClN2O7. The zero-order valence-corrected chi connectivity index (χ0v) is 27.5. The summed E-state index contributed by atoms with van der Waals surface area (Å²) in [6, 6.07) is 5.52. The van der Waals surface area contributed by atoms with E-state index in [-0.39, 0.29) is 36.1 Å². The van der Waals surface area contributed by atoms with Gasteiger partial charge in [0.2, 0.25) is 5.91 Å². The van der Waals surface area contributed by atoms with Crippen molar-refractivity contribution in [3.05, 3.63) is 23.8 Å². The van der Waals surface area contributed by atoms with Crippen LogP contribution in [0.15, 0.2) is 18.2 Å². The molecule has 4 atom stereocenters. The van der Waals surface area contributed by atoms with Gasteiger partial charge in [-0.05, 0) is 68.6 Å². The summed E-state index contributed by atoms with van der Waals surface area (Å²) in [7, 11) is 1.66. The Morgan fingerprint density at radius 1 is 0.976 bits per heavy atom. The lowest BCUT2D eigenvalue weighted by Crippen LogP contribution is -2.41. The van der Waals surface area contributed by atoms with Crippen LogP contribution in [0.3, 0.4) is 0 Å². The average Bonchev–Trinajstić information content (AvgIpc) is 2.93. The minimum absolute atomic E-state index is 0. The number of carbonyl (C=O) groups excluding carboxylic acids is 2. The van der Waals surface area contributed by atoms with Gasteiger partial charge in [0, 0.05) is 45.1 Å². The van der Waals surface area contributed by atoms with Crippen molar-refractivity contribution < 1.29 is 33.6 Å². The standard InChI is InChI=1S/C32H56N2O7.ClH/c1-7-9-15-34-32(37)24(5)19-28(35)27(33)22-26(23(3)4)20-25-13-14-29(30(21-25)41-18-11-16-38-6)40-17-10-12-31(36)39-8-2;/h13-14,21,23-24,26-28,35H,7-12,15-20,22,33H2,1-6H3,(H,34,37);1H/t24-,26+,27+,28+;/m1./s1. The number of halogens is 1. The molecule has 0 saturated heterocycles. The molecule has 244 valence electrons. The number of nitrogens with one attached hydrogen (secondary N) is 1. The second kappa shape index (κ2) is 23.4. The van der Waals surface area contributed by atoms with Gasteiger partial charge in [0.05, 0.1) is 25.9 Å². The van der Waals surface area contributed by atoms with Crippen molar-refractivity contribution in [3.8, 4) is 11.5 Å². The molecule has 0 unspecified atom stereocenters. The minimum atomic E-state index is -0.756. The molecule has 42 heavy (non-hydrogen) atoms. The second-order valence-corrected chi connectivity index (χ2v) is 11.2. The van der Waals surface area contributed by atoms with Gasteiger partial charge in [-0.1, -0.05) is 40.2 Å². The molecule has 0 aliphatic heterocycles. The Morgan fingerprint density at radius 3 is 2.31 bits per heavy atom. The van der Waals surface area contributed by atoms with Crippen LogP contribution in [0.4, 0.5) is 0 Å². The van der Waals surface area contributed by atoms with E-state index in [1.54, 1.807) is 14.0 Å². The van der Waals surface area contributed by atoms with Crippen molar-refractivity contribution in [3.63, 3.8) is 0 Å². The number of carbonyl (C=O) groups is 2. The van der Waals surface area contributed by atoms with Crippen LogP contribution in [0.1, 0.15) is 85.1 Å². The first-order valence-electron chi connectivity index (χ1n) is 15.4. The number of esters is 1. The molecule has 0 heterocycles. The van der Waals surface area contributed by atoms with E-state index in [1.807, 2.05) is 25.1 Å². The van der Waals surface area contributed by atoms with Gasteiger partial charge in [0.1, 0.15) is 0 Å². The first-order chi connectivity index (χ1) is 19.6. The lowest BCUT2D eigenvalue weighted by Gasteiger charge is -2.28. The van der Waals surface area contributed by atoms with Gasteiger partial charge in [-0.15, -0.1) is 12.4 Å². The summed E-state index contributed by atoms with van der Waals surface area (Å²) in [5, 5.41) is 13.7. The Hall–Kier alpha value is -2.07. The third-order valence-electron chi connectivity index (χ3n) is 7.23. The fourth-order valence-electron chi connectivity index (χ4n) is 4.54. The number of aliphatic hydroxyl groups excluding tert-OH is 1. The monoisotopic (exact) mass is 616 g/mol. The molecule has 0 aliphatic rings. The van der Waals surface area contributed by atoms with Crippen LogP contribution in [-0.2, 0) is 25.5 Å². The summed E-state index contributed by atoms with van der Waals surface area (Å²) in [4.78, 5) is 24.0. The Morgan fingerprint density at radius 2 is 1.67 bits per heavy atom. The predicted molar refractivity (Wildman–Crippen MR) is 169 cm³/mol. The molecule has 0 spiro atoms. The molecule has 1 rings (SSSR count). The van der Waals surface area contributed by atoms with Gasteiger partial charge in [0.15, 0.2) is 11.5 Å². The van der Waals surface area contributed by atoms with E-state index in [0.29, 0.717) is 76.1 Å². The molecule has 0 aliphatic carbocycles. The Bertz CT molecular complexity index is 871. The highest BCUT2D eigenvalue weighted by molar-refractivity contribution is 5.85. The summed E-state index contributed by atoms with van der Waals surface area (Å²) >= 11 is 0. The maximum atomic E-state index is 12.3. The molecule has 0 saturated carbocycles. The number of rotatable bonds is 23. The van der Waals surface area contributed by atoms with Crippen LogP contribution in [0.2, 0.25) is 0 Å². The molecule has 0 fully saturated rings. The minimum Gasteiger partial charge on any atom is -0.490 e. The number of hydrogen-bond donors (Lipinski definition) is 3. The summed E-state index contributed by atoms with van der Waals surface area (Å²) in [6.45, 7) is 12.5. The van der Waals surface area contributed by atoms with E-state index in [0.717, 1.165) is 31.2 Å². The number of amides is 1. The fourth-order valence-corrected chi connectivity index (χ4v) is 4.54.